The molecule has 13 heavy (non-hydrogen) atoms. The number of aromatic nitrogens is 2. The number of halogens is 1. The summed E-state index contributed by atoms with van der Waals surface area (Å²) in [6, 6.07) is 1.65. The molecule has 3 nitrogen and oxygen atoms in total. The van der Waals surface area contributed by atoms with Crippen LogP contribution in [0.25, 0.3) is 0 Å². The van der Waals surface area contributed by atoms with Gasteiger partial charge in [-0.2, -0.15) is 0 Å². The lowest BCUT2D eigenvalue weighted by atomic mass is 10.1. The van der Waals surface area contributed by atoms with Crippen LogP contribution in [0.5, 0.6) is 0 Å². The average molecular weight is 201 g/mol. The van der Waals surface area contributed by atoms with Crippen molar-refractivity contribution in [1.82, 2.24) is 9.97 Å². The minimum Gasteiger partial charge on any atom is -0.373 e. The van der Waals surface area contributed by atoms with Crippen molar-refractivity contribution < 1.29 is 4.74 Å². The Bertz CT molecular complexity index is 278. The third kappa shape index (κ3) is 2.64. The van der Waals surface area contributed by atoms with Gasteiger partial charge in [0.05, 0.1) is 0 Å². The first-order valence-electron chi connectivity index (χ1n) is 4.16. The van der Waals surface area contributed by atoms with E-state index in [0.717, 1.165) is 0 Å². The van der Waals surface area contributed by atoms with Gasteiger partial charge in [0.15, 0.2) is 5.82 Å². The average Bonchev–Trinajstić information content (AvgIpc) is 2.04. The summed E-state index contributed by atoms with van der Waals surface area (Å²) in [7, 11) is 1.65. The molecule has 1 aromatic heterocycles. The molecule has 0 spiro atoms. The van der Waals surface area contributed by atoms with E-state index in [0.29, 0.717) is 16.9 Å². The summed E-state index contributed by atoms with van der Waals surface area (Å²) in [4.78, 5) is 8.21. The summed E-state index contributed by atoms with van der Waals surface area (Å²) in [5.41, 5.74) is 0. The smallest absolute Gasteiger partial charge is 0.159 e. The molecule has 4 heteroatoms. The molecular formula is C9H13ClN2O. The Morgan fingerprint density at radius 3 is 2.62 bits per heavy atom. The Kier molecular flexibility index (Phi) is 3.63. The lowest BCUT2D eigenvalue weighted by Gasteiger charge is -2.17. The van der Waals surface area contributed by atoms with Crippen LogP contribution < -0.4 is 0 Å². The quantitative estimate of drug-likeness (QED) is 0.704. The highest BCUT2D eigenvalue weighted by atomic mass is 35.5. The zero-order valence-electron chi connectivity index (χ0n) is 7.99. The fraction of sp³-hybridized carbons (Fsp3) is 0.556. The third-order valence-electron chi connectivity index (χ3n) is 1.75. The van der Waals surface area contributed by atoms with Gasteiger partial charge in [0.25, 0.3) is 0 Å². The second-order valence-corrected chi connectivity index (χ2v) is 3.53. The lowest BCUT2D eigenvalue weighted by Crippen LogP contribution is -2.12. The summed E-state index contributed by atoms with van der Waals surface area (Å²) >= 11 is 5.74. The largest absolute Gasteiger partial charge is 0.373 e. The monoisotopic (exact) mass is 200 g/mol. The molecule has 0 saturated heterocycles. The molecule has 0 radical (unpaired) electrons. The molecule has 0 saturated carbocycles. The van der Waals surface area contributed by atoms with Crippen LogP contribution in [0.3, 0.4) is 0 Å². The van der Waals surface area contributed by atoms with E-state index in [1.54, 1.807) is 19.4 Å². The molecule has 0 fully saturated rings. The lowest BCUT2D eigenvalue weighted by molar-refractivity contribution is 0.0574. The predicted molar refractivity (Wildman–Crippen MR) is 51.6 cm³/mol. The van der Waals surface area contributed by atoms with E-state index >= 15 is 0 Å². The minimum absolute atomic E-state index is 0.0845. The van der Waals surface area contributed by atoms with Crippen molar-refractivity contribution in [3.63, 3.8) is 0 Å². The highest BCUT2D eigenvalue weighted by Gasteiger charge is 2.17. The van der Waals surface area contributed by atoms with Crippen molar-refractivity contribution in [3.05, 3.63) is 23.2 Å². The molecule has 1 rings (SSSR count). The molecule has 0 amide bonds. The zero-order valence-corrected chi connectivity index (χ0v) is 8.75. The van der Waals surface area contributed by atoms with Crippen molar-refractivity contribution in [2.75, 3.05) is 7.11 Å². The molecule has 1 heterocycles. The summed E-state index contributed by atoms with van der Waals surface area (Å²) in [5.74, 6) is 0.980. The first-order chi connectivity index (χ1) is 6.15. The van der Waals surface area contributed by atoms with Crippen LogP contribution in [0.1, 0.15) is 25.8 Å². The minimum atomic E-state index is -0.0845. The maximum Gasteiger partial charge on any atom is 0.159 e. The van der Waals surface area contributed by atoms with Crippen LogP contribution in [0.15, 0.2) is 12.3 Å². The van der Waals surface area contributed by atoms with Crippen LogP contribution in [0.2, 0.25) is 5.15 Å². The van der Waals surface area contributed by atoms with E-state index in [1.807, 2.05) is 0 Å². The maximum absolute atomic E-state index is 5.74. The number of hydrogen-bond donors (Lipinski definition) is 0. The van der Waals surface area contributed by atoms with E-state index in [4.69, 9.17) is 16.3 Å². The Morgan fingerprint density at radius 2 is 2.15 bits per heavy atom. The van der Waals surface area contributed by atoms with Crippen molar-refractivity contribution in [2.45, 2.75) is 20.0 Å². The van der Waals surface area contributed by atoms with Gasteiger partial charge < -0.3 is 4.74 Å². The van der Waals surface area contributed by atoms with Gasteiger partial charge in [-0.1, -0.05) is 25.4 Å². The van der Waals surface area contributed by atoms with Gasteiger partial charge in [0, 0.05) is 13.3 Å². The fourth-order valence-corrected chi connectivity index (χ4v) is 1.31. The maximum atomic E-state index is 5.74. The van der Waals surface area contributed by atoms with Crippen LogP contribution in [-0.4, -0.2) is 17.1 Å². The molecule has 0 aromatic carbocycles. The topological polar surface area (TPSA) is 35.0 Å². The van der Waals surface area contributed by atoms with Crippen LogP contribution in [0.4, 0.5) is 0 Å². The third-order valence-corrected chi connectivity index (χ3v) is 1.96. The molecule has 0 N–H and O–H groups in total. The standard InChI is InChI=1S/C9H13ClN2O/c1-6(2)8(13-3)9-11-5-4-7(10)12-9/h4-6,8H,1-3H3. The predicted octanol–water partition coefficient (Wildman–Crippen LogP) is 2.47. The molecular weight excluding hydrogens is 188 g/mol. The molecule has 1 atom stereocenters. The molecule has 1 aromatic rings. The fourth-order valence-electron chi connectivity index (χ4n) is 1.16. The number of methoxy groups -OCH3 is 1. The van der Waals surface area contributed by atoms with Gasteiger partial charge in [-0.15, -0.1) is 0 Å². The van der Waals surface area contributed by atoms with Gasteiger partial charge in [-0.05, 0) is 12.0 Å². The summed E-state index contributed by atoms with van der Waals surface area (Å²) in [6.45, 7) is 4.11. The summed E-state index contributed by atoms with van der Waals surface area (Å²) in [6.07, 6.45) is 1.55. The van der Waals surface area contributed by atoms with Crippen LogP contribution in [-0.2, 0) is 4.74 Å². The van der Waals surface area contributed by atoms with Crippen molar-refractivity contribution in [3.8, 4) is 0 Å². The Morgan fingerprint density at radius 1 is 1.46 bits per heavy atom. The first-order valence-corrected chi connectivity index (χ1v) is 4.54. The van der Waals surface area contributed by atoms with Gasteiger partial charge in [0.2, 0.25) is 0 Å². The van der Waals surface area contributed by atoms with E-state index in [1.165, 1.54) is 0 Å². The molecule has 0 aliphatic rings. The number of ether oxygens (including phenoxy) is 1. The number of rotatable bonds is 3. The van der Waals surface area contributed by atoms with Gasteiger partial charge in [0.1, 0.15) is 11.3 Å². The molecule has 1 unspecified atom stereocenters. The SMILES string of the molecule is COC(c1nccc(Cl)n1)C(C)C. The summed E-state index contributed by atoms with van der Waals surface area (Å²) in [5, 5.41) is 0.452. The highest BCUT2D eigenvalue weighted by molar-refractivity contribution is 6.29. The van der Waals surface area contributed by atoms with E-state index in [9.17, 15) is 0 Å². The van der Waals surface area contributed by atoms with E-state index in [2.05, 4.69) is 23.8 Å². The van der Waals surface area contributed by atoms with Crippen molar-refractivity contribution in [1.29, 1.82) is 0 Å². The Hall–Kier alpha value is -0.670. The molecule has 72 valence electrons. The van der Waals surface area contributed by atoms with Gasteiger partial charge in [-0.3, -0.25) is 0 Å². The molecule has 0 aliphatic heterocycles. The zero-order chi connectivity index (χ0) is 9.84. The van der Waals surface area contributed by atoms with Gasteiger partial charge in [-0.25, -0.2) is 9.97 Å². The number of nitrogens with zero attached hydrogens (tertiary/aromatic N) is 2. The van der Waals surface area contributed by atoms with E-state index in [-0.39, 0.29) is 6.10 Å². The second kappa shape index (κ2) is 4.53. The molecule has 0 aliphatic carbocycles. The highest BCUT2D eigenvalue weighted by Crippen LogP contribution is 2.22. The normalized spacial score (nSPS) is 13.3. The van der Waals surface area contributed by atoms with Gasteiger partial charge >= 0.3 is 0 Å². The van der Waals surface area contributed by atoms with Crippen molar-refractivity contribution in [2.24, 2.45) is 5.92 Å². The summed E-state index contributed by atoms with van der Waals surface area (Å²) < 4.78 is 5.27. The van der Waals surface area contributed by atoms with Crippen LogP contribution in [0, 0.1) is 5.92 Å². The van der Waals surface area contributed by atoms with Crippen molar-refractivity contribution >= 4 is 11.6 Å². The van der Waals surface area contributed by atoms with E-state index < -0.39 is 0 Å². The molecule has 0 bridgehead atoms. The Balaban J connectivity index is 2.91. The Labute approximate surface area is 83.1 Å². The van der Waals surface area contributed by atoms with Crippen LogP contribution >= 0.6 is 11.6 Å². The second-order valence-electron chi connectivity index (χ2n) is 3.14. The number of hydrogen-bond acceptors (Lipinski definition) is 3. The first kappa shape index (κ1) is 10.4.